The van der Waals surface area contributed by atoms with Crippen LogP contribution in [0.1, 0.15) is 53.1 Å². The molecule has 2 aromatic rings. The predicted molar refractivity (Wildman–Crippen MR) is 120 cm³/mol. The Balaban J connectivity index is 1.95. The number of aryl methyl sites for hydroxylation is 1. The normalized spacial score (nSPS) is 17.1. The number of carbonyl (C=O) groups excluding carboxylic acids is 1. The molecule has 1 unspecified atom stereocenters. The van der Waals surface area contributed by atoms with Crippen molar-refractivity contribution in [3.8, 4) is 0 Å². The van der Waals surface area contributed by atoms with Crippen molar-refractivity contribution in [2.75, 3.05) is 26.7 Å². The van der Waals surface area contributed by atoms with Crippen molar-refractivity contribution in [2.45, 2.75) is 33.3 Å². The van der Waals surface area contributed by atoms with Crippen molar-refractivity contribution >= 4 is 23.9 Å². The van der Waals surface area contributed by atoms with Gasteiger partial charge in [-0.25, -0.2) is 4.68 Å². The topological polar surface area (TPSA) is 72.6 Å². The van der Waals surface area contributed by atoms with Gasteiger partial charge in [0.25, 0.3) is 5.91 Å². The average molecular weight is 408 g/mol. The highest BCUT2D eigenvalue weighted by atomic mass is 16.5. The van der Waals surface area contributed by atoms with Gasteiger partial charge >= 0.3 is 0 Å². The van der Waals surface area contributed by atoms with Gasteiger partial charge in [0.1, 0.15) is 5.69 Å². The van der Waals surface area contributed by atoms with Gasteiger partial charge in [-0.1, -0.05) is 12.7 Å². The number of methoxy groups -OCH3 is 1. The van der Waals surface area contributed by atoms with Gasteiger partial charge < -0.3 is 9.64 Å². The molecule has 158 valence electrons. The molecule has 0 radical (unpaired) electrons. The molecular weight excluding hydrogens is 378 g/mol. The Bertz CT molecular complexity index is 989. The first-order valence-corrected chi connectivity index (χ1v) is 10.2. The van der Waals surface area contributed by atoms with Crippen LogP contribution >= 0.6 is 0 Å². The molecule has 0 aromatic carbocycles. The van der Waals surface area contributed by atoms with Crippen LogP contribution in [0.3, 0.4) is 0 Å². The zero-order valence-corrected chi connectivity index (χ0v) is 18.1. The van der Waals surface area contributed by atoms with Gasteiger partial charge in [-0.2, -0.15) is 5.10 Å². The van der Waals surface area contributed by atoms with Crippen LogP contribution in [0.15, 0.2) is 36.1 Å². The summed E-state index contributed by atoms with van der Waals surface area (Å²) in [6.07, 6.45) is 10.0. The van der Waals surface area contributed by atoms with E-state index in [4.69, 9.17) is 9.73 Å². The number of amides is 1. The number of rotatable bonds is 7. The van der Waals surface area contributed by atoms with Gasteiger partial charge in [0.15, 0.2) is 0 Å². The van der Waals surface area contributed by atoms with E-state index in [1.54, 1.807) is 35.2 Å². The molecule has 7 heteroatoms. The third-order valence-corrected chi connectivity index (χ3v) is 5.24. The Hall–Kier alpha value is -3.06. The molecular formula is C23H29N5O2. The summed E-state index contributed by atoms with van der Waals surface area (Å²) in [4.78, 5) is 23.9. The minimum Gasteiger partial charge on any atom is -0.380 e. The molecule has 1 atom stereocenters. The monoisotopic (exact) mass is 407 g/mol. The fourth-order valence-corrected chi connectivity index (χ4v) is 3.68. The summed E-state index contributed by atoms with van der Waals surface area (Å²) in [5, 5.41) is 4.43. The standard InChI is InChI=1S/C23H29N5O2/c1-6-10-28-21(7-2)19(14-26-28)22(24-8-3)18-13-25-20(12-16(18)4)23(29)27-11-9-17(15-27)30-5/h6-7,10,12-14,17H,2,8-9,11,15H2,1,3-5H3/b10-6-,24-22?. The fourth-order valence-electron chi connectivity index (χ4n) is 3.68. The molecule has 1 saturated heterocycles. The van der Waals surface area contributed by atoms with E-state index in [0.29, 0.717) is 25.3 Å². The number of ether oxygens (including phenoxy) is 1. The molecule has 30 heavy (non-hydrogen) atoms. The van der Waals surface area contributed by atoms with E-state index >= 15 is 0 Å². The molecule has 1 amide bonds. The number of likely N-dealkylation sites (tertiary alicyclic amines) is 1. The minimum absolute atomic E-state index is 0.0640. The number of hydrogen-bond donors (Lipinski definition) is 0. The molecule has 0 bridgehead atoms. The van der Waals surface area contributed by atoms with Crippen LogP contribution in [0.2, 0.25) is 0 Å². The number of carbonyl (C=O) groups is 1. The smallest absolute Gasteiger partial charge is 0.272 e. The zero-order chi connectivity index (χ0) is 21.7. The lowest BCUT2D eigenvalue weighted by atomic mass is 9.99. The highest BCUT2D eigenvalue weighted by Crippen LogP contribution is 2.21. The zero-order valence-electron chi connectivity index (χ0n) is 18.1. The van der Waals surface area contributed by atoms with Gasteiger partial charge in [-0.05, 0) is 44.9 Å². The summed E-state index contributed by atoms with van der Waals surface area (Å²) in [6.45, 7) is 11.8. The second-order valence-electron chi connectivity index (χ2n) is 7.18. The van der Waals surface area contributed by atoms with E-state index < -0.39 is 0 Å². The maximum atomic E-state index is 12.9. The second kappa shape index (κ2) is 9.63. The first-order chi connectivity index (χ1) is 14.5. The number of hydrogen-bond acceptors (Lipinski definition) is 5. The van der Waals surface area contributed by atoms with E-state index in [1.807, 2.05) is 39.1 Å². The Morgan fingerprint density at radius 3 is 2.80 bits per heavy atom. The molecule has 7 nitrogen and oxygen atoms in total. The molecule has 1 aliphatic rings. The maximum absolute atomic E-state index is 12.9. The summed E-state index contributed by atoms with van der Waals surface area (Å²) in [6, 6.07) is 1.84. The number of allylic oxidation sites excluding steroid dienone is 1. The summed E-state index contributed by atoms with van der Waals surface area (Å²) >= 11 is 0. The molecule has 3 rings (SSSR count). The molecule has 1 fully saturated rings. The van der Waals surface area contributed by atoms with Gasteiger partial charge in [0.05, 0.1) is 23.7 Å². The number of aromatic nitrogens is 3. The van der Waals surface area contributed by atoms with Crippen LogP contribution in [0, 0.1) is 6.92 Å². The third kappa shape index (κ3) is 4.26. The molecule has 1 aliphatic heterocycles. The quantitative estimate of drug-likeness (QED) is 0.659. The lowest BCUT2D eigenvalue weighted by molar-refractivity contribution is 0.0719. The van der Waals surface area contributed by atoms with Crippen molar-refractivity contribution in [3.63, 3.8) is 0 Å². The van der Waals surface area contributed by atoms with Crippen molar-refractivity contribution in [3.05, 3.63) is 59.2 Å². The van der Waals surface area contributed by atoms with Gasteiger partial charge in [-0.3, -0.25) is 14.8 Å². The molecule has 2 aromatic heterocycles. The van der Waals surface area contributed by atoms with Crippen molar-refractivity contribution in [2.24, 2.45) is 4.99 Å². The Morgan fingerprint density at radius 1 is 1.40 bits per heavy atom. The lowest BCUT2D eigenvalue weighted by Crippen LogP contribution is -2.30. The van der Waals surface area contributed by atoms with Crippen molar-refractivity contribution in [1.29, 1.82) is 0 Å². The van der Waals surface area contributed by atoms with E-state index in [0.717, 1.165) is 34.5 Å². The summed E-state index contributed by atoms with van der Waals surface area (Å²) < 4.78 is 7.14. The number of pyridine rings is 1. The molecule has 3 heterocycles. The highest BCUT2D eigenvalue weighted by Gasteiger charge is 2.28. The van der Waals surface area contributed by atoms with Crippen LogP contribution in [0.5, 0.6) is 0 Å². The maximum Gasteiger partial charge on any atom is 0.272 e. The van der Waals surface area contributed by atoms with E-state index in [1.165, 1.54) is 0 Å². The van der Waals surface area contributed by atoms with Gasteiger partial charge in [-0.15, -0.1) is 0 Å². The molecule has 0 N–H and O–H groups in total. The Morgan fingerprint density at radius 2 is 2.20 bits per heavy atom. The van der Waals surface area contributed by atoms with E-state index in [9.17, 15) is 4.79 Å². The van der Waals surface area contributed by atoms with Crippen LogP contribution in [-0.4, -0.2) is 64.1 Å². The number of nitrogens with zero attached hydrogens (tertiary/aromatic N) is 5. The van der Waals surface area contributed by atoms with Crippen LogP contribution in [-0.2, 0) is 4.74 Å². The Labute approximate surface area is 177 Å². The van der Waals surface area contributed by atoms with Crippen molar-refractivity contribution in [1.82, 2.24) is 19.7 Å². The lowest BCUT2D eigenvalue weighted by Gasteiger charge is -2.17. The summed E-state index contributed by atoms with van der Waals surface area (Å²) in [5.41, 5.74) is 4.81. The second-order valence-corrected chi connectivity index (χ2v) is 7.18. The summed E-state index contributed by atoms with van der Waals surface area (Å²) in [5.74, 6) is -0.0640. The molecule has 0 aliphatic carbocycles. The largest absolute Gasteiger partial charge is 0.380 e. The third-order valence-electron chi connectivity index (χ3n) is 5.24. The Kier molecular flexibility index (Phi) is 6.95. The first-order valence-electron chi connectivity index (χ1n) is 10.2. The van der Waals surface area contributed by atoms with E-state index in [2.05, 4.69) is 16.7 Å². The van der Waals surface area contributed by atoms with Crippen molar-refractivity contribution < 1.29 is 9.53 Å². The molecule has 0 spiro atoms. The molecule has 0 saturated carbocycles. The van der Waals surface area contributed by atoms with Gasteiger partial charge in [0, 0.05) is 50.3 Å². The van der Waals surface area contributed by atoms with E-state index in [-0.39, 0.29) is 12.0 Å². The average Bonchev–Trinajstić information content (AvgIpc) is 3.39. The summed E-state index contributed by atoms with van der Waals surface area (Å²) in [7, 11) is 1.68. The first kappa shape index (κ1) is 21.6. The van der Waals surface area contributed by atoms with Crippen LogP contribution in [0.25, 0.3) is 12.3 Å². The SMILES string of the molecule is C=Cc1c(C(=NCC)c2cnc(C(=O)N3CCC(OC)C3)cc2C)cnn1/C=C\C. The predicted octanol–water partition coefficient (Wildman–Crippen LogP) is 3.44. The van der Waals surface area contributed by atoms with Gasteiger partial charge in [0.2, 0.25) is 0 Å². The van der Waals surface area contributed by atoms with Crippen LogP contribution in [0.4, 0.5) is 0 Å². The highest BCUT2D eigenvalue weighted by molar-refractivity contribution is 6.15. The fraction of sp³-hybridized carbons (Fsp3) is 0.391. The number of aliphatic imine (C=N–C) groups is 1. The minimum atomic E-state index is -0.0640. The van der Waals surface area contributed by atoms with Crippen LogP contribution < -0.4 is 0 Å².